The molecule has 1 N–H and O–H groups in total. The summed E-state index contributed by atoms with van der Waals surface area (Å²) < 4.78 is 5.96. The molecule has 108 valence electrons. The minimum atomic E-state index is 0.244. The molecule has 1 saturated carbocycles. The topological polar surface area (TPSA) is 25.2 Å². The first-order chi connectivity index (χ1) is 9.61. The molecule has 0 radical (unpaired) electrons. The monoisotopic (exact) mass is 331 g/mol. The summed E-state index contributed by atoms with van der Waals surface area (Å²) in [7, 11) is 0. The van der Waals surface area contributed by atoms with Crippen LogP contribution in [0.4, 0.5) is 0 Å². The van der Waals surface area contributed by atoms with E-state index in [1.807, 2.05) is 6.07 Å². The van der Waals surface area contributed by atoms with E-state index in [1.54, 1.807) is 6.07 Å². The van der Waals surface area contributed by atoms with Crippen LogP contribution < -0.4 is 5.32 Å². The Kier molecular flexibility index (Phi) is 4.19. The van der Waals surface area contributed by atoms with Gasteiger partial charge in [-0.3, -0.25) is 0 Å². The highest BCUT2D eigenvalue weighted by Gasteiger charge is 2.34. The van der Waals surface area contributed by atoms with Gasteiger partial charge in [-0.2, -0.15) is 0 Å². The van der Waals surface area contributed by atoms with Crippen LogP contribution in [0.5, 0.6) is 0 Å². The van der Waals surface area contributed by atoms with Gasteiger partial charge in [0.2, 0.25) is 0 Å². The molecule has 2 aromatic rings. The Bertz CT molecular complexity index is 634. The van der Waals surface area contributed by atoms with Gasteiger partial charge in [0.05, 0.1) is 21.1 Å². The molecule has 1 aromatic heterocycles. The van der Waals surface area contributed by atoms with Crippen LogP contribution in [-0.2, 0) is 0 Å². The number of halogens is 3. The summed E-state index contributed by atoms with van der Waals surface area (Å²) in [6.07, 6.45) is 3.57. The maximum absolute atomic E-state index is 6.24. The lowest BCUT2D eigenvalue weighted by Crippen LogP contribution is -2.23. The van der Waals surface area contributed by atoms with Crippen LogP contribution in [0.3, 0.4) is 0 Å². The van der Waals surface area contributed by atoms with Gasteiger partial charge >= 0.3 is 0 Å². The van der Waals surface area contributed by atoms with Crippen molar-refractivity contribution in [2.75, 3.05) is 6.54 Å². The van der Waals surface area contributed by atoms with Gasteiger partial charge in [0.1, 0.15) is 5.76 Å². The average Bonchev–Trinajstić information content (AvgIpc) is 3.15. The molecule has 1 aliphatic rings. The lowest BCUT2D eigenvalue weighted by molar-refractivity contribution is 0.397. The van der Waals surface area contributed by atoms with Gasteiger partial charge in [0, 0.05) is 5.39 Å². The highest BCUT2D eigenvalue weighted by molar-refractivity contribution is 6.47. The lowest BCUT2D eigenvalue weighted by atomic mass is 10.1. The number of hydrogen-bond donors (Lipinski definition) is 1. The van der Waals surface area contributed by atoms with E-state index >= 15 is 0 Å². The maximum atomic E-state index is 6.24. The van der Waals surface area contributed by atoms with Crippen molar-refractivity contribution >= 4 is 45.8 Å². The highest BCUT2D eigenvalue weighted by atomic mass is 35.5. The molecular weight excluding hydrogens is 317 g/mol. The Morgan fingerprint density at radius 1 is 1.25 bits per heavy atom. The number of furan rings is 1. The highest BCUT2D eigenvalue weighted by Crippen LogP contribution is 2.45. The number of hydrogen-bond acceptors (Lipinski definition) is 2. The summed E-state index contributed by atoms with van der Waals surface area (Å²) in [6, 6.07) is 3.85. The molecule has 3 rings (SSSR count). The fourth-order valence-corrected chi connectivity index (χ4v) is 3.21. The first-order valence-corrected chi connectivity index (χ1v) is 8.05. The standard InChI is InChI=1S/C15H16Cl3NO/c1-2-5-19-14(8-3-4-8)12-6-9-13(18)10(16)7-11(17)15(9)20-12/h6-8,14,19H,2-5H2,1H3. The van der Waals surface area contributed by atoms with E-state index in [1.165, 1.54) is 12.8 Å². The van der Waals surface area contributed by atoms with Gasteiger partial charge in [0.15, 0.2) is 5.58 Å². The first kappa shape index (κ1) is 14.5. The quantitative estimate of drug-likeness (QED) is 0.695. The van der Waals surface area contributed by atoms with Crippen LogP contribution in [-0.4, -0.2) is 6.54 Å². The molecule has 1 unspecified atom stereocenters. The van der Waals surface area contributed by atoms with Gasteiger partial charge in [-0.25, -0.2) is 0 Å². The van der Waals surface area contributed by atoms with Crippen LogP contribution in [0.2, 0.25) is 15.1 Å². The zero-order chi connectivity index (χ0) is 14.3. The Morgan fingerprint density at radius 3 is 2.65 bits per heavy atom. The summed E-state index contributed by atoms with van der Waals surface area (Å²) in [5.41, 5.74) is 0.625. The zero-order valence-electron chi connectivity index (χ0n) is 11.2. The van der Waals surface area contributed by atoms with E-state index < -0.39 is 0 Å². The molecule has 0 spiro atoms. The predicted molar refractivity (Wildman–Crippen MR) is 85.0 cm³/mol. The number of rotatable bonds is 5. The Hall–Kier alpha value is -0.410. The first-order valence-electron chi connectivity index (χ1n) is 6.92. The smallest absolute Gasteiger partial charge is 0.154 e. The third-order valence-electron chi connectivity index (χ3n) is 3.68. The summed E-state index contributed by atoms with van der Waals surface area (Å²) in [5, 5.41) is 5.81. The van der Waals surface area contributed by atoms with Gasteiger partial charge < -0.3 is 9.73 Å². The third kappa shape index (κ3) is 2.67. The van der Waals surface area contributed by atoms with E-state index in [-0.39, 0.29) is 6.04 Å². The van der Waals surface area contributed by atoms with Crippen molar-refractivity contribution in [2.45, 2.75) is 32.2 Å². The minimum Gasteiger partial charge on any atom is -0.458 e. The molecule has 0 bridgehead atoms. The number of nitrogens with one attached hydrogen (secondary N) is 1. The Balaban J connectivity index is 2.02. The summed E-state index contributed by atoms with van der Waals surface area (Å²) in [6.45, 7) is 3.13. The van der Waals surface area contributed by atoms with Gasteiger partial charge in [-0.15, -0.1) is 0 Å². The molecule has 20 heavy (non-hydrogen) atoms. The van der Waals surface area contributed by atoms with E-state index in [0.717, 1.165) is 24.1 Å². The molecule has 0 saturated heterocycles. The molecule has 1 aliphatic carbocycles. The summed E-state index contributed by atoms with van der Waals surface area (Å²) in [4.78, 5) is 0. The van der Waals surface area contributed by atoms with Crippen molar-refractivity contribution in [1.82, 2.24) is 5.32 Å². The van der Waals surface area contributed by atoms with E-state index in [4.69, 9.17) is 39.2 Å². The van der Waals surface area contributed by atoms with E-state index in [2.05, 4.69) is 12.2 Å². The second kappa shape index (κ2) is 5.76. The molecule has 1 atom stereocenters. The van der Waals surface area contributed by atoms with Crippen LogP contribution in [0.1, 0.15) is 38.0 Å². The third-order valence-corrected chi connectivity index (χ3v) is 4.76. The van der Waals surface area contributed by atoms with Crippen molar-refractivity contribution in [3.8, 4) is 0 Å². The van der Waals surface area contributed by atoms with Crippen LogP contribution >= 0.6 is 34.8 Å². The molecule has 1 fully saturated rings. The molecule has 0 amide bonds. The summed E-state index contributed by atoms with van der Waals surface area (Å²) in [5.74, 6) is 1.55. The van der Waals surface area contributed by atoms with Crippen LogP contribution in [0.25, 0.3) is 11.0 Å². The van der Waals surface area contributed by atoms with E-state index in [9.17, 15) is 0 Å². The van der Waals surface area contributed by atoms with Crippen LogP contribution in [0, 0.1) is 5.92 Å². The van der Waals surface area contributed by atoms with Crippen molar-refractivity contribution in [1.29, 1.82) is 0 Å². The maximum Gasteiger partial charge on any atom is 0.154 e. The van der Waals surface area contributed by atoms with Crippen molar-refractivity contribution in [3.63, 3.8) is 0 Å². The normalized spacial score (nSPS) is 16.8. The zero-order valence-corrected chi connectivity index (χ0v) is 13.4. The molecular formula is C15H16Cl3NO. The number of fused-ring (bicyclic) bond motifs is 1. The van der Waals surface area contributed by atoms with Crippen molar-refractivity contribution < 1.29 is 4.42 Å². The SMILES string of the molecule is CCCNC(c1cc2c(Cl)c(Cl)cc(Cl)c2o1)C1CC1. The predicted octanol–water partition coefficient (Wildman–Crippen LogP) is 5.84. The largest absolute Gasteiger partial charge is 0.458 e. The molecule has 2 nitrogen and oxygen atoms in total. The molecule has 0 aliphatic heterocycles. The van der Waals surface area contributed by atoms with Crippen molar-refractivity contribution in [2.24, 2.45) is 5.92 Å². The molecule has 5 heteroatoms. The minimum absolute atomic E-state index is 0.244. The fraction of sp³-hybridized carbons (Fsp3) is 0.467. The second-order valence-electron chi connectivity index (χ2n) is 5.31. The Labute approximate surface area is 133 Å². The van der Waals surface area contributed by atoms with Crippen LogP contribution in [0.15, 0.2) is 16.5 Å². The molecule has 1 aromatic carbocycles. The average molecular weight is 333 g/mol. The fourth-order valence-electron chi connectivity index (χ4n) is 2.50. The lowest BCUT2D eigenvalue weighted by Gasteiger charge is -2.14. The van der Waals surface area contributed by atoms with Gasteiger partial charge in [0.25, 0.3) is 0 Å². The molecule has 1 heterocycles. The second-order valence-corrected chi connectivity index (χ2v) is 6.51. The Morgan fingerprint density at radius 2 is 2.00 bits per heavy atom. The van der Waals surface area contributed by atoms with E-state index in [0.29, 0.717) is 26.6 Å². The van der Waals surface area contributed by atoms with Crippen molar-refractivity contribution in [3.05, 3.63) is 33.0 Å². The number of benzene rings is 1. The summed E-state index contributed by atoms with van der Waals surface area (Å²) >= 11 is 18.5. The van der Waals surface area contributed by atoms with Gasteiger partial charge in [-0.05, 0) is 43.9 Å². The van der Waals surface area contributed by atoms with Gasteiger partial charge in [-0.1, -0.05) is 41.7 Å².